The number of rotatable bonds is 2. The van der Waals surface area contributed by atoms with E-state index in [1.54, 1.807) is 0 Å². The average molecular weight is 241 g/mol. The Hall–Kier alpha value is -2.28. The van der Waals surface area contributed by atoms with Crippen LogP contribution < -0.4 is 0 Å². The molecule has 0 atom stereocenters. The molecule has 0 unspecified atom stereocenters. The van der Waals surface area contributed by atoms with E-state index in [9.17, 15) is 4.79 Å². The molecule has 4 nitrogen and oxygen atoms in total. The van der Waals surface area contributed by atoms with E-state index in [2.05, 4.69) is 6.07 Å². The average Bonchev–Trinajstić information content (AvgIpc) is 3.08. The molecule has 0 saturated carbocycles. The molecule has 0 aliphatic carbocycles. The molecular weight excluding hydrogens is 226 g/mol. The van der Waals surface area contributed by atoms with Gasteiger partial charge in [-0.25, -0.2) is 0 Å². The summed E-state index contributed by atoms with van der Waals surface area (Å²) < 4.78 is 3.98. The van der Waals surface area contributed by atoms with Crippen molar-refractivity contribution >= 4 is 5.78 Å². The quantitative estimate of drug-likeness (QED) is 0.811. The van der Waals surface area contributed by atoms with Gasteiger partial charge in [0.25, 0.3) is 0 Å². The van der Waals surface area contributed by atoms with Gasteiger partial charge in [-0.3, -0.25) is 4.79 Å². The molecule has 0 N–H and O–H groups in total. The van der Waals surface area contributed by atoms with Crippen LogP contribution in [0.2, 0.25) is 0 Å². The number of aryl methyl sites for hydroxylation is 2. The molecule has 0 aromatic carbocycles. The Balaban J connectivity index is 0.000000134. The molecule has 3 rings (SSSR count). The van der Waals surface area contributed by atoms with Gasteiger partial charge in [0.05, 0.1) is 18.2 Å². The van der Waals surface area contributed by atoms with E-state index < -0.39 is 0 Å². The third-order valence-electron chi connectivity index (χ3n) is 2.84. The van der Waals surface area contributed by atoms with Crippen molar-refractivity contribution < 1.29 is 4.79 Å². The molecule has 4 heteroatoms. The zero-order valence-electron chi connectivity index (χ0n) is 10.1. The Kier molecular flexibility index (Phi) is 3.98. The summed E-state index contributed by atoms with van der Waals surface area (Å²) in [4.78, 5) is 10.9. The maximum absolute atomic E-state index is 10.9. The lowest BCUT2D eigenvalue weighted by molar-refractivity contribution is 0.0994. The molecule has 0 bridgehead atoms. The zero-order chi connectivity index (χ0) is 12.8. The second-order valence-electron chi connectivity index (χ2n) is 4.09. The fraction of sp³-hybridized carbons (Fsp3) is 0.286. The van der Waals surface area contributed by atoms with E-state index in [1.165, 1.54) is 0 Å². The van der Waals surface area contributed by atoms with Gasteiger partial charge in [0, 0.05) is 38.1 Å². The highest BCUT2D eigenvalue weighted by Crippen LogP contribution is 2.13. The number of aromatic nitrogens is 2. The number of carbonyl (C=O) groups excluding carboxylic acids is 1. The van der Waals surface area contributed by atoms with Crippen LogP contribution >= 0.6 is 0 Å². The minimum absolute atomic E-state index is 0.278. The number of hydrogen-bond acceptors (Lipinski definition) is 2. The largest absolute Gasteiger partial charge is 0.353 e. The van der Waals surface area contributed by atoms with Gasteiger partial charge in [0.2, 0.25) is 0 Å². The summed E-state index contributed by atoms with van der Waals surface area (Å²) in [6.07, 6.45) is 7.14. The molecule has 0 amide bonds. The fourth-order valence-electron chi connectivity index (χ4n) is 1.91. The van der Waals surface area contributed by atoms with Crippen molar-refractivity contribution in [1.29, 1.82) is 5.26 Å². The summed E-state index contributed by atoms with van der Waals surface area (Å²) in [6.45, 7) is 1.69. The van der Waals surface area contributed by atoms with Crippen LogP contribution in [0.4, 0.5) is 0 Å². The van der Waals surface area contributed by atoms with Crippen molar-refractivity contribution in [2.45, 2.75) is 25.9 Å². The number of ketones is 1. The Morgan fingerprint density at radius 2 is 2.00 bits per heavy atom. The van der Waals surface area contributed by atoms with E-state index in [0.717, 1.165) is 18.8 Å². The van der Waals surface area contributed by atoms with E-state index in [4.69, 9.17) is 5.26 Å². The highest BCUT2D eigenvalue weighted by Gasteiger charge is 2.16. The number of hydrogen-bond donors (Lipinski definition) is 0. The number of fused-ring (bicyclic) bond motifs is 1. The van der Waals surface area contributed by atoms with E-state index >= 15 is 0 Å². The predicted octanol–water partition coefficient (Wildman–Crippen LogP) is 2.48. The second kappa shape index (κ2) is 5.87. The minimum Gasteiger partial charge on any atom is -0.353 e. The van der Waals surface area contributed by atoms with Gasteiger partial charge in [-0.2, -0.15) is 5.26 Å². The molecule has 0 radical (unpaired) electrons. The first-order valence-electron chi connectivity index (χ1n) is 5.97. The zero-order valence-corrected chi connectivity index (χ0v) is 10.1. The summed E-state index contributed by atoms with van der Waals surface area (Å²) in [7, 11) is 0. The molecule has 2 aromatic heterocycles. The Morgan fingerprint density at radius 3 is 2.67 bits per heavy atom. The van der Waals surface area contributed by atoms with E-state index in [1.807, 2.05) is 52.0 Å². The summed E-state index contributed by atoms with van der Waals surface area (Å²) >= 11 is 0. The Labute approximate surface area is 106 Å². The lowest BCUT2D eigenvalue weighted by Crippen LogP contribution is -1.90. The molecule has 1 aliphatic rings. The summed E-state index contributed by atoms with van der Waals surface area (Å²) in [6, 6.07) is 9.78. The maximum atomic E-state index is 10.9. The molecule has 0 spiro atoms. The molecule has 2 aromatic rings. The van der Waals surface area contributed by atoms with Crippen LogP contribution in [0.5, 0.6) is 0 Å². The fourth-order valence-corrected chi connectivity index (χ4v) is 1.91. The van der Waals surface area contributed by atoms with Gasteiger partial charge in [-0.15, -0.1) is 0 Å². The molecule has 0 fully saturated rings. The van der Waals surface area contributed by atoms with Crippen molar-refractivity contribution in [1.82, 2.24) is 9.13 Å². The van der Waals surface area contributed by atoms with Crippen molar-refractivity contribution in [2.24, 2.45) is 0 Å². The van der Waals surface area contributed by atoms with Crippen molar-refractivity contribution in [3.05, 3.63) is 48.5 Å². The molecule has 92 valence electrons. The predicted molar refractivity (Wildman–Crippen MR) is 68.0 cm³/mol. The van der Waals surface area contributed by atoms with Crippen LogP contribution in [0.1, 0.15) is 23.3 Å². The first-order chi connectivity index (χ1) is 8.81. The highest BCUT2D eigenvalue weighted by molar-refractivity contribution is 5.96. The monoisotopic (exact) mass is 241 g/mol. The molecule has 1 aliphatic heterocycles. The number of nitrogens with zero attached hydrogens (tertiary/aromatic N) is 3. The van der Waals surface area contributed by atoms with Crippen molar-refractivity contribution in [3.8, 4) is 6.07 Å². The lowest BCUT2D eigenvalue weighted by atomic mass is 10.3. The molecule has 0 saturated heterocycles. The third kappa shape index (κ3) is 2.89. The molecule has 18 heavy (non-hydrogen) atoms. The smallest absolute Gasteiger partial charge is 0.180 e. The first-order valence-corrected chi connectivity index (χ1v) is 5.97. The normalized spacial score (nSPS) is 12.5. The van der Waals surface area contributed by atoms with Gasteiger partial charge in [-0.05, 0) is 24.3 Å². The van der Waals surface area contributed by atoms with Crippen LogP contribution in [-0.4, -0.2) is 14.9 Å². The lowest BCUT2D eigenvalue weighted by Gasteiger charge is -1.93. The van der Waals surface area contributed by atoms with Gasteiger partial charge >= 0.3 is 0 Å². The minimum atomic E-state index is 0.278. The van der Waals surface area contributed by atoms with Crippen LogP contribution in [0.25, 0.3) is 0 Å². The van der Waals surface area contributed by atoms with Crippen molar-refractivity contribution in [2.75, 3.05) is 0 Å². The molecular formula is C14H15N3O. The second-order valence-corrected chi connectivity index (χ2v) is 4.09. The van der Waals surface area contributed by atoms with Crippen LogP contribution in [0.3, 0.4) is 0 Å². The number of carbonyl (C=O) groups is 1. The highest BCUT2D eigenvalue weighted by atomic mass is 16.1. The van der Waals surface area contributed by atoms with Crippen molar-refractivity contribution in [3.63, 3.8) is 0 Å². The first kappa shape index (κ1) is 12.2. The van der Waals surface area contributed by atoms with Gasteiger partial charge in [0.1, 0.15) is 0 Å². The molecule has 3 heterocycles. The summed E-state index contributed by atoms with van der Waals surface area (Å²) in [5.41, 5.74) is 0.870. The number of Topliss-reactive ketones (excluding diaryl/α,β-unsaturated/α-hetero) is 1. The third-order valence-corrected chi connectivity index (χ3v) is 2.84. The van der Waals surface area contributed by atoms with Crippen LogP contribution in [-0.2, 0) is 13.1 Å². The van der Waals surface area contributed by atoms with E-state index in [0.29, 0.717) is 12.8 Å². The Bertz CT molecular complexity index is 546. The van der Waals surface area contributed by atoms with Gasteiger partial charge in [0.15, 0.2) is 5.78 Å². The van der Waals surface area contributed by atoms with E-state index in [-0.39, 0.29) is 5.78 Å². The standard InChI is InChI=1S/C7H8N2.C7H7NO/c8-4-3-7-9-5-1-2-6-9;9-7-3-5-8-4-1-2-6(7)8/h1-2,5-6H,3,7H2;1-2,4H,3,5H2. The Morgan fingerprint density at radius 1 is 1.22 bits per heavy atom. The maximum Gasteiger partial charge on any atom is 0.180 e. The summed E-state index contributed by atoms with van der Waals surface area (Å²) in [5, 5.41) is 8.20. The van der Waals surface area contributed by atoms with Gasteiger partial charge < -0.3 is 9.13 Å². The topological polar surface area (TPSA) is 50.7 Å². The summed E-state index contributed by atoms with van der Waals surface area (Å²) in [5.74, 6) is 0.278. The van der Waals surface area contributed by atoms with Crippen LogP contribution in [0.15, 0.2) is 42.9 Å². The van der Waals surface area contributed by atoms with Gasteiger partial charge in [-0.1, -0.05) is 0 Å². The van der Waals surface area contributed by atoms with Crippen LogP contribution in [0, 0.1) is 11.3 Å². The SMILES string of the molecule is N#CCCn1cccc1.O=C1CCn2cccc21. The number of nitriles is 1.